The molecule has 0 saturated carbocycles. The summed E-state index contributed by atoms with van der Waals surface area (Å²) in [4.78, 5) is 22.3. The van der Waals surface area contributed by atoms with E-state index in [0.29, 0.717) is 11.3 Å². The van der Waals surface area contributed by atoms with Crippen molar-refractivity contribution >= 4 is 17.7 Å². The van der Waals surface area contributed by atoms with E-state index >= 15 is 0 Å². The normalized spacial score (nSPS) is 11.3. The molecule has 7 heteroatoms. The number of ether oxygens (including phenoxy) is 1. The molecule has 1 unspecified atom stereocenters. The highest BCUT2D eigenvalue weighted by Crippen LogP contribution is 2.17. The topological polar surface area (TPSA) is 111 Å². The SMILES string of the molecule is COC(CNC(=O)Nc1cccc(C)c1C#N)CC(=O)O. The van der Waals surface area contributed by atoms with Crippen molar-refractivity contribution in [3.63, 3.8) is 0 Å². The van der Waals surface area contributed by atoms with E-state index in [0.717, 1.165) is 5.56 Å². The lowest BCUT2D eigenvalue weighted by Crippen LogP contribution is -2.37. The maximum absolute atomic E-state index is 11.8. The number of carboxylic acid groups (broad SMARTS) is 1. The summed E-state index contributed by atoms with van der Waals surface area (Å²) in [5.41, 5.74) is 1.56. The number of amides is 2. The van der Waals surface area contributed by atoms with Gasteiger partial charge in [-0.1, -0.05) is 12.1 Å². The van der Waals surface area contributed by atoms with Crippen LogP contribution in [-0.4, -0.2) is 36.9 Å². The van der Waals surface area contributed by atoms with E-state index in [1.165, 1.54) is 7.11 Å². The Kier molecular flexibility index (Phi) is 6.17. The van der Waals surface area contributed by atoms with Gasteiger partial charge >= 0.3 is 12.0 Å². The molecule has 1 aromatic rings. The summed E-state index contributed by atoms with van der Waals surface area (Å²) in [7, 11) is 1.38. The Balaban J connectivity index is 2.61. The molecular weight excluding hydrogens is 274 g/mol. The minimum Gasteiger partial charge on any atom is -0.481 e. The van der Waals surface area contributed by atoms with Crippen molar-refractivity contribution in [1.82, 2.24) is 5.32 Å². The van der Waals surface area contributed by atoms with Crippen LogP contribution in [0.1, 0.15) is 17.5 Å². The van der Waals surface area contributed by atoms with Crippen molar-refractivity contribution in [2.45, 2.75) is 19.4 Å². The summed E-state index contributed by atoms with van der Waals surface area (Å²) >= 11 is 0. The standard InChI is InChI=1S/C14H17N3O4/c1-9-4-3-5-12(11(9)7-15)17-14(20)16-8-10(21-2)6-13(18)19/h3-5,10H,6,8H2,1-2H3,(H,18,19)(H2,16,17,20). The summed E-state index contributed by atoms with van der Waals surface area (Å²) in [5, 5.41) is 22.8. The molecule has 0 heterocycles. The number of nitrogens with zero attached hydrogens (tertiary/aromatic N) is 1. The molecule has 0 saturated heterocycles. The number of benzene rings is 1. The number of anilines is 1. The molecule has 0 spiro atoms. The Morgan fingerprint density at radius 1 is 1.48 bits per heavy atom. The Morgan fingerprint density at radius 2 is 2.19 bits per heavy atom. The third kappa shape index (κ3) is 5.12. The minimum absolute atomic E-state index is 0.0579. The van der Waals surface area contributed by atoms with Gasteiger partial charge in [-0.2, -0.15) is 5.26 Å². The van der Waals surface area contributed by atoms with Gasteiger partial charge in [0.15, 0.2) is 0 Å². The highest BCUT2D eigenvalue weighted by Gasteiger charge is 2.14. The van der Waals surface area contributed by atoms with E-state index in [9.17, 15) is 9.59 Å². The number of aliphatic carboxylic acids is 1. The maximum Gasteiger partial charge on any atom is 0.319 e. The largest absolute Gasteiger partial charge is 0.481 e. The second-order valence-corrected chi connectivity index (χ2v) is 4.40. The van der Waals surface area contributed by atoms with Gasteiger partial charge in [0.1, 0.15) is 6.07 Å². The zero-order chi connectivity index (χ0) is 15.8. The number of hydrogen-bond acceptors (Lipinski definition) is 4. The fourth-order valence-electron chi connectivity index (χ4n) is 1.73. The first kappa shape index (κ1) is 16.5. The van der Waals surface area contributed by atoms with E-state index in [2.05, 4.69) is 10.6 Å². The lowest BCUT2D eigenvalue weighted by Gasteiger charge is -2.15. The lowest BCUT2D eigenvalue weighted by molar-refractivity contribution is -0.139. The number of nitrogens with one attached hydrogen (secondary N) is 2. The van der Waals surface area contributed by atoms with Crippen molar-refractivity contribution in [2.24, 2.45) is 0 Å². The predicted molar refractivity (Wildman–Crippen MR) is 76.0 cm³/mol. The molecule has 0 aromatic heterocycles. The van der Waals surface area contributed by atoms with Gasteiger partial charge in [-0.05, 0) is 18.6 Å². The number of aryl methyl sites for hydroxylation is 1. The van der Waals surface area contributed by atoms with Crippen LogP contribution in [0.3, 0.4) is 0 Å². The second-order valence-electron chi connectivity index (χ2n) is 4.40. The smallest absolute Gasteiger partial charge is 0.319 e. The first-order chi connectivity index (χ1) is 9.97. The van der Waals surface area contributed by atoms with Crippen molar-refractivity contribution in [1.29, 1.82) is 5.26 Å². The monoisotopic (exact) mass is 291 g/mol. The summed E-state index contributed by atoms with van der Waals surface area (Å²) in [5.74, 6) is -1.01. The molecule has 1 rings (SSSR count). The van der Waals surface area contributed by atoms with Gasteiger partial charge in [0, 0.05) is 13.7 Å². The summed E-state index contributed by atoms with van der Waals surface area (Å²) in [6, 6.07) is 6.63. The van der Waals surface area contributed by atoms with E-state index in [1.807, 2.05) is 6.07 Å². The highest BCUT2D eigenvalue weighted by atomic mass is 16.5. The number of rotatable bonds is 6. The quantitative estimate of drug-likeness (QED) is 0.735. The summed E-state index contributed by atoms with van der Waals surface area (Å²) < 4.78 is 4.95. The number of methoxy groups -OCH3 is 1. The number of carboxylic acids is 1. The molecule has 0 aliphatic rings. The molecule has 0 radical (unpaired) electrons. The van der Waals surface area contributed by atoms with Crippen molar-refractivity contribution in [3.8, 4) is 6.07 Å². The van der Waals surface area contributed by atoms with Gasteiger partial charge in [0.25, 0.3) is 0 Å². The Bertz CT molecular complexity index is 566. The lowest BCUT2D eigenvalue weighted by atomic mass is 10.1. The molecule has 0 bridgehead atoms. The van der Waals surface area contributed by atoms with E-state index < -0.39 is 18.1 Å². The number of nitriles is 1. The van der Waals surface area contributed by atoms with Crippen LogP contribution in [0.15, 0.2) is 18.2 Å². The molecule has 0 aliphatic heterocycles. The third-order valence-electron chi connectivity index (χ3n) is 2.86. The van der Waals surface area contributed by atoms with Crippen LogP contribution in [0.4, 0.5) is 10.5 Å². The first-order valence-electron chi connectivity index (χ1n) is 6.27. The fraction of sp³-hybridized carbons (Fsp3) is 0.357. The molecule has 21 heavy (non-hydrogen) atoms. The average Bonchev–Trinajstić information content (AvgIpc) is 2.43. The van der Waals surface area contributed by atoms with Crippen LogP contribution in [0.5, 0.6) is 0 Å². The minimum atomic E-state index is -1.01. The van der Waals surface area contributed by atoms with Crippen LogP contribution >= 0.6 is 0 Å². The number of urea groups is 1. The zero-order valence-corrected chi connectivity index (χ0v) is 11.8. The van der Waals surface area contributed by atoms with Gasteiger partial charge in [-0.3, -0.25) is 4.79 Å². The molecule has 0 fully saturated rings. The van der Waals surface area contributed by atoms with Crippen LogP contribution in [-0.2, 0) is 9.53 Å². The average molecular weight is 291 g/mol. The molecule has 112 valence electrons. The Labute approximate surface area is 122 Å². The van der Waals surface area contributed by atoms with Gasteiger partial charge in [0.2, 0.25) is 0 Å². The Morgan fingerprint density at radius 3 is 2.76 bits per heavy atom. The second kappa shape index (κ2) is 7.87. The first-order valence-corrected chi connectivity index (χ1v) is 6.27. The molecule has 3 N–H and O–H groups in total. The van der Waals surface area contributed by atoms with Crippen LogP contribution in [0.25, 0.3) is 0 Å². The number of carbonyl (C=O) groups excluding carboxylic acids is 1. The summed E-state index contributed by atoms with van der Waals surface area (Å²) in [6.45, 7) is 1.83. The predicted octanol–water partition coefficient (Wildman–Crippen LogP) is 1.48. The molecule has 1 atom stereocenters. The molecule has 7 nitrogen and oxygen atoms in total. The number of carbonyl (C=O) groups is 2. The number of hydrogen-bond donors (Lipinski definition) is 3. The van der Waals surface area contributed by atoms with Crippen molar-refractivity contribution in [3.05, 3.63) is 29.3 Å². The van der Waals surface area contributed by atoms with Gasteiger partial charge < -0.3 is 20.5 Å². The third-order valence-corrected chi connectivity index (χ3v) is 2.86. The molecule has 1 aromatic carbocycles. The molecule has 0 aliphatic carbocycles. The van der Waals surface area contributed by atoms with Crippen LogP contribution < -0.4 is 10.6 Å². The fourth-order valence-corrected chi connectivity index (χ4v) is 1.73. The van der Waals surface area contributed by atoms with Crippen LogP contribution in [0, 0.1) is 18.3 Å². The van der Waals surface area contributed by atoms with E-state index in [1.54, 1.807) is 25.1 Å². The van der Waals surface area contributed by atoms with E-state index in [4.69, 9.17) is 15.1 Å². The molecule has 2 amide bonds. The van der Waals surface area contributed by atoms with Gasteiger partial charge in [-0.25, -0.2) is 4.79 Å². The highest BCUT2D eigenvalue weighted by molar-refractivity contribution is 5.91. The van der Waals surface area contributed by atoms with Crippen molar-refractivity contribution in [2.75, 3.05) is 19.0 Å². The summed E-state index contributed by atoms with van der Waals surface area (Å²) in [6.07, 6.45) is -0.814. The maximum atomic E-state index is 11.8. The molecular formula is C14H17N3O4. The van der Waals surface area contributed by atoms with Gasteiger partial charge in [-0.15, -0.1) is 0 Å². The zero-order valence-electron chi connectivity index (χ0n) is 11.8. The van der Waals surface area contributed by atoms with Crippen molar-refractivity contribution < 1.29 is 19.4 Å². The van der Waals surface area contributed by atoms with E-state index in [-0.39, 0.29) is 13.0 Å². The van der Waals surface area contributed by atoms with Crippen LogP contribution in [0.2, 0.25) is 0 Å². The van der Waals surface area contributed by atoms with Gasteiger partial charge in [0.05, 0.1) is 23.8 Å². The Hall–Kier alpha value is -2.59.